The van der Waals surface area contributed by atoms with Gasteiger partial charge in [0.1, 0.15) is 0 Å². The fourth-order valence-electron chi connectivity index (χ4n) is 4.24. The number of benzene rings is 1. The summed E-state index contributed by atoms with van der Waals surface area (Å²) in [5.74, 6) is -1.12. The second-order valence-corrected chi connectivity index (χ2v) is 7.38. The zero-order valence-electron chi connectivity index (χ0n) is 14.9. The Bertz CT molecular complexity index is 730. The summed E-state index contributed by atoms with van der Waals surface area (Å²) < 4.78 is 0. The molecular weight excluding hydrogens is 330 g/mol. The van der Waals surface area contributed by atoms with Crippen molar-refractivity contribution in [1.29, 1.82) is 0 Å². The van der Waals surface area contributed by atoms with Crippen LogP contribution in [0.25, 0.3) is 5.57 Å². The topological polar surface area (TPSA) is 83.5 Å². The Kier molecular flexibility index (Phi) is 5.55. The van der Waals surface area contributed by atoms with Gasteiger partial charge in [0.2, 0.25) is 5.91 Å². The lowest BCUT2D eigenvalue weighted by Crippen LogP contribution is -2.51. The summed E-state index contributed by atoms with van der Waals surface area (Å²) in [4.78, 5) is 36.3. The van der Waals surface area contributed by atoms with Crippen LogP contribution in [0, 0.1) is 0 Å². The van der Waals surface area contributed by atoms with Crippen molar-refractivity contribution < 1.29 is 19.5 Å². The van der Waals surface area contributed by atoms with Gasteiger partial charge in [0.05, 0.1) is 18.4 Å². The number of allylic oxidation sites excluding steroid dienone is 1. The molecule has 1 aromatic rings. The minimum Gasteiger partial charge on any atom is -0.481 e. The highest BCUT2D eigenvalue weighted by molar-refractivity contribution is 6.10. The van der Waals surface area contributed by atoms with E-state index in [0.29, 0.717) is 31.3 Å². The van der Waals surface area contributed by atoms with Crippen molar-refractivity contribution >= 4 is 23.2 Å². The Morgan fingerprint density at radius 3 is 2.38 bits per heavy atom. The number of nitrogens with one attached hydrogen (secondary N) is 1. The first kappa shape index (κ1) is 18.4. The quantitative estimate of drug-likeness (QED) is 0.818. The van der Waals surface area contributed by atoms with Crippen LogP contribution in [0.2, 0.25) is 0 Å². The Hall–Kier alpha value is -2.43. The van der Waals surface area contributed by atoms with E-state index < -0.39 is 11.5 Å². The van der Waals surface area contributed by atoms with E-state index in [4.69, 9.17) is 0 Å². The van der Waals surface area contributed by atoms with Crippen molar-refractivity contribution in [2.45, 2.75) is 63.3 Å². The van der Waals surface area contributed by atoms with Gasteiger partial charge in [-0.25, -0.2) is 0 Å². The van der Waals surface area contributed by atoms with Crippen molar-refractivity contribution in [3.05, 3.63) is 41.5 Å². The highest BCUT2D eigenvalue weighted by Gasteiger charge is 2.36. The molecule has 1 fully saturated rings. The first-order valence-corrected chi connectivity index (χ1v) is 9.33. The lowest BCUT2D eigenvalue weighted by molar-refractivity contribution is -0.139. The van der Waals surface area contributed by atoms with Gasteiger partial charge in [-0.3, -0.25) is 14.4 Å². The Labute approximate surface area is 153 Å². The SMILES string of the molecule is O=C(O)CC1(NC(=O)CC2=C(c3ccccc3)CCC2=O)CCCCC1. The molecule has 2 aliphatic carbocycles. The molecule has 1 aromatic carbocycles. The lowest BCUT2D eigenvalue weighted by Gasteiger charge is -2.37. The number of ketones is 1. The van der Waals surface area contributed by atoms with E-state index >= 15 is 0 Å². The number of carbonyl (C=O) groups is 3. The molecule has 0 aliphatic heterocycles. The van der Waals surface area contributed by atoms with E-state index in [0.717, 1.165) is 30.4 Å². The third kappa shape index (κ3) is 4.21. The number of carbonyl (C=O) groups excluding carboxylic acids is 2. The number of hydrogen-bond acceptors (Lipinski definition) is 3. The van der Waals surface area contributed by atoms with E-state index in [1.54, 1.807) is 0 Å². The van der Waals surface area contributed by atoms with E-state index in [1.807, 2.05) is 30.3 Å². The van der Waals surface area contributed by atoms with E-state index in [2.05, 4.69) is 5.32 Å². The maximum absolute atomic E-state index is 12.7. The molecule has 0 saturated heterocycles. The van der Waals surface area contributed by atoms with Crippen LogP contribution in [0.3, 0.4) is 0 Å². The molecule has 5 heteroatoms. The van der Waals surface area contributed by atoms with Gasteiger partial charge in [0.25, 0.3) is 0 Å². The van der Waals surface area contributed by atoms with Gasteiger partial charge < -0.3 is 10.4 Å². The fraction of sp³-hybridized carbons (Fsp3) is 0.476. The summed E-state index contributed by atoms with van der Waals surface area (Å²) in [6, 6.07) is 9.68. The van der Waals surface area contributed by atoms with Gasteiger partial charge in [0, 0.05) is 12.0 Å². The summed E-state index contributed by atoms with van der Waals surface area (Å²) >= 11 is 0. The molecule has 0 heterocycles. The first-order valence-electron chi connectivity index (χ1n) is 9.33. The van der Waals surface area contributed by atoms with Crippen molar-refractivity contribution in [1.82, 2.24) is 5.32 Å². The molecule has 0 aromatic heterocycles. The maximum Gasteiger partial charge on any atom is 0.305 e. The molecule has 0 bridgehead atoms. The molecule has 2 aliphatic rings. The van der Waals surface area contributed by atoms with Gasteiger partial charge in [-0.15, -0.1) is 0 Å². The van der Waals surface area contributed by atoms with Crippen molar-refractivity contribution in [3.8, 4) is 0 Å². The normalized spacial score (nSPS) is 19.5. The summed E-state index contributed by atoms with van der Waals surface area (Å²) in [5, 5.41) is 12.2. The highest BCUT2D eigenvalue weighted by atomic mass is 16.4. The molecule has 0 atom stereocenters. The van der Waals surface area contributed by atoms with Crippen LogP contribution in [0.1, 0.15) is 63.4 Å². The lowest BCUT2D eigenvalue weighted by atomic mass is 9.79. The Morgan fingerprint density at radius 1 is 1.04 bits per heavy atom. The third-order valence-corrected chi connectivity index (χ3v) is 5.47. The van der Waals surface area contributed by atoms with Gasteiger partial charge in [-0.05, 0) is 30.4 Å². The molecule has 3 rings (SSSR count). The van der Waals surface area contributed by atoms with Gasteiger partial charge in [-0.1, -0.05) is 49.6 Å². The molecule has 1 saturated carbocycles. The van der Waals surface area contributed by atoms with E-state index in [-0.39, 0.29) is 24.5 Å². The number of carboxylic acids is 1. The maximum atomic E-state index is 12.7. The van der Waals surface area contributed by atoms with Crippen LogP contribution in [0.15, 0.2) is 35.9 Å². The molecule has 0 unspecified atom stereocenters. The second kappa shape index (κ2) is 7.85. The average molecular weight is 355 g/mol. The molecule has 0 spiro atoms. The van der Waals surface area contributed by atoms with Crippen LogP contribution < -0.4 is 5.32 Å². The number of carboxylic acid groups (broad SMARTS) is 1. The van der Waals surface area contributed by atoms with Crippen LogP contribution >= 0.6 is 0 Å². The minimum atomic E-state index is -0.895. The van der Waals surface area contributed by atoms with Crippen LogP contribution in [0.4, 0.5) is 0 Å². The van der Waals surface area contributed by atoms with Gasteiger partial charge in [-0.2, -0.15) is 0 Å². The number of aliphatic carboxylic acids is 1. The standard InChI is InChI=1S/C21H25NO4/c23-18-10-9-16(15-7-3-1-4-8-15)17(18)13-19(24)22-21(14-20(25)26)11-5-2-6-12-21/h1,3-4,7-8H,2,5-6,9-14H2,(H,22,24)(H,25,26). The van der Waals surface area contributed by atoms with Gasteiger partial charge in [0.15, 0.2) is 5.78 Å². The van der Waals surface area contributed by atoms with Crippen LogP contribution in [-0.4, -0.2) is 28.3 Å². The predicted molar refractivity (Wildman–Crippen MR) is 98.4 cm³/mol. The summed E-state index contributed by atoms with van der Waals surface area (Å²) in [6.45, 7) is 0. The van der Waals surface area contributed by atoms with Crippen molar-refractivity contribution in [3.63, 3.8) is 0 Å². The van der Waals surface area contributed by atoms with Gasteiger partial charge >= 0.3 is 5.97 Å². The van der Waals surface area contributed by atoms with Crippen LogP contribution in [-0.2, 0) is 14.4 Å². The second-order valence-electron chi connectivity index (χ2n) is 7.38. The molecule has 2 N–H and O–H groups in total. The van der Waals surface area contributed by atoms with E-state index in [1.165, 1.54) is 0 Å². The average Bonchev–Trinajstić information content (AvgIpc) is 2.96. The highest BCUT2D eigenvalue weighted by Crippen LogP contribution is 2.35. The summed E-state index contributed by atoms with van der Waals surface area (Å²) in [6.07, 6.45) is 5.35. The Balaban J connectivity index is 1.77. The molecule has 1 amide bonds. The first-order chi connectivity index (χ1) is 12.5. The van der Waals surface area contributed by atoms with E-state index in [9.17, 15) is 19.5 Å². The summed E-state index contributed by atoms with van der Waals surface area (Å²) in [7, 11) is 0. The Morgan fingerprint density at radius 2 is 1.73 bits per heavy atom. The number of hydrogen-bond donors (Lipinski definition) is 2. The third-order valence-electron chi connectivity index (χ3n) is 5.47. The number of amides is 1. The molecular formula is C21H25NO4. The molecule has 0 radical (unpaired) electrons. The monoisotopic (exact) mass is 355 g/mol. The van der Waals surface area contributed by atoms with Crippen molar-refractivity contribution in [2.75, 3.05) is 0 Å². The van der Waals surface area contributed by atoms with Crippen LogP contribution in [0.5, 0.6) is 0 Å². The molecule has 138 valence electrons. The molecule has 26 heavy (non-hydrogen) atoms. The minimum absolute atomic E-state index is 0.0231. The largest absolute Gasteiger partial charge is 0.481 e. The number of rotatable bonds is 6. The molecule has 5 nitrogen and oxygen atoms in total. The summed E-state index contributed by atoms with van der Waals surface area (Å²) in [5.41, 5.74) is 1.84. The smallest absolute Gasteiger partial charge is 0.305 e. The zero-order valence-corrected chi connectivity index (χ0v) is 14.9. The van der Waals surface area contributed by atoms with Crippen molar-refractivity contribution in [2.24, 2.45) is 0 Å². The fourth-order valence-corrected chi connectivity index (χ4v) is 4.24. The number of Topliss-reactive ketones (excluding diaryl/α,β-unsaturated/α-hetero) is 1. The zero-order chi connectivity index (χ0) is 18.6. The predicted octanol–water partition coefficient (Wildman–Crippen LogP) is 3.49.